The summed E-state index contributed by atoms with van der Waals surface area (Å²) < 4.78 is 0. The highest BCUT2D eigenvalue weighted by Gasteiger charge is 2.11. The first-order chi connectivity index (χ1) is 9.08. The summed E-state index contributed by atoms with van der Waals surface area (Å²) in [4.78, 5) is 11.8. The van der Waals surface area contributed by atoms with E-state index in [1.165, 1.54) is 6.20 Å². The lowest BCUT2D eigenvalue weighted by Crippen LogP contribution is -2.33. The zero-order valence-corrected chi connectivity index (χ0v) is 11.7. The van der Waals surface area contributed by atoms with E-state index < -0.39 is 5.91 Å². The number of nitrogens with one attached hydrogen (secondary N) is 2. The normalized spacial score (nSPS) is 12.4. The predicted octanol–water partition coefficient (Wildman–Crippen LogP) is 3.07. The number of rotatable bonds is 5. The molecule has 19 heavy (non-hydrogen) atoms. The first kappa shape index (κ1) is 15.1. The van der Waals surface area contributed by atoms with Crippen LogP contribution in [-0.4, -0.2) is 11.9 Å². The second kappa shape index (κ2) is 7.45. The Kier molecular flexibility index (Phi) is 5.91. The number of nitriles is 1. The molecule has 1 amide bonds. The molecular weight excluding hydrogens is 262 g/mol. The van der Waals surface area contributed by atoms with Gasteiger partial charge in [-0.05, 0) is 25.5 Å². The number of para-hydroxylation sites is 1. The summed E-state index contributed by atoms with van der Waals surface area (Å²) in [5.74, 6) is -0.392. The highest BCUT2D eigenvalue weighted by Crippen LogP contribution is 2.20. The number of anilines is 1. The monoisotopic (exact) mass is 277 g/mol. The van der Waals surface area contributed by atoms with Crippen LogP contribution in [0.2, 0.25) is 5.02 Å². The Morgan fingerprint density at radius 3 is 2.79 bits per heavy atom. The quantitative estimate of drug-likeness (QED) is 0.642. The number of amides is 1. The number of benzene rings is 1. The molecule has 0 spiro atoms. The van der Waals surface area contributed by atoms with Gasteiger partial charge in [0.1, 0.15) is 11.6 Å². The van der Waals surface area contributed by atoms with E-state index in [-0.39, 0.29) is 11.6 Å². The Bertz CT molecular complexity index is 520. The van der Waals surface area contributed by atoms with Gasteiger partial charge in [-0.2, -0.15) is 5.26 Å². The lowest BCUT2D eigenvalue weighted by atomic mass is 10.2. The third kappa shape index (κ3) is 4.65. The third-order valence-electron chi connectivity index (χ3n) is 2.60. The van der Waals surface area contributed by atoms with Crippen molar-refractivity contribution >= 4 is 23.2 Å². The van der Waals surface area contributed by atoms with Crippen molar-refractivity contribution in [1.29, 1.82) is 5.26 Å². The number of carbonyl (C=O) groups is 1. The summed E-state index contributed by atoms with van der Waals surface area (Å²) in [5, 5.41) is 15.1. The van der Waals surface area contributed by atoms with E-state index >= 15 is 0 Å². The maximum Gasteiger partial charge on any atom is 0.263 e. The van der Waals surface area contributed by atoms with Crippen molar-refractivity contribution < 1.29 is 4.79 Å². The molecule has 1 unspecified atom stereocenters. The molecule has 1 rings (SSSR count). The molecule has 0 radical (unpaired) electrons. The summed E-state index contributed by atoms with van der Waals surface area (Å²) in [6, 6.07) is 9.00. The average molecular weight is 278 g/mol. The minimum absolute atomic E-state index is 0.0141. The maximum atomic E-state index is 11.8. The molecule has 0 saturated carbocycles. The highest BCUT2D eigenvalue weighted by molar-refractivity contribution is 6.33. The van der Waals surface area contributed by atoms with Gasteiger partial charge < -0.3 is 10.6 Å². The van der Waals surface area contributed by atoms with Crippen molar-refractivity contribution in [2.75, 3.05) is 5.32 Å². The van der Waals surface area contributed by atoms with E-state index in [4.69, 9.17) is 16.9 Å². The van der Waals surface area contributed by atoms with Gasteiger partial charge in [0.15, 0.2) is 0 Å². The molecule has 1 aromatic rings. The average Bonchev–Trinajstić information content (AvgIpc) is 2.41. The van der Waals surface area contributed by atoms with E-state index in [0.29, 0.717) is 10.7 Å². The highest BCUT2D eigenvalue weighted by atomic mass is 35.5. The fourth-order valence-electron chi connectivity index (χ4n) is 1.28. The van der Waals surface area contributed by atoms with E-state index in [1.54, 1.807) is 18.2 Å². The molecule has 1 aromatic carbocycles. The molecule has 0 aliphatic carbocycles. The van der Waals surface area contributed by atoms with Crippen molar-refractivity contribution in [1.82, 2.24) is 5.32 Å². The Balaban J connectivity index is 2.76. The van der Waals surface area contributed by atoms with Crippen molar-refractivity contribution in [2.24, 2.45) is 0 Å². The molecule has 2 N–H and O–H groups in total. The largest absolute Gasteiger partial charge is 0.359 e. The minimum atomic E-state index is -0.392. The fraction of sp³-hybridized carbons (Fsp3) is 0.286. The van der Waals surface area contributed by atoms with Crippen LogP contribution in [0.5, 0.6) is 0 Å². The molecule has 0 aromatic heterocycles. The molecule has 0 bridgehead atoms. The van der Waals surface area contributed by atoms with E-state index in [9.17, 15) is 4.79 Å². The van der Waals surface area contributed by atoms with Gasteiger partial charge in [-0.3, -0.25) is 4.79 Å². The van der Waals surface area contributed by atoms with Crippen LogP contribution < -0.4 is 10.6 Å². The summed E-state index contributed by atoms with van der Waals surface area (Å²) >= 11 is 5.96. The predicted molar refractivity (Wildman–Crippen MR) is 76.7 cm³/mol. The van der Waals surface area contributed by atoms with Gasteiger partial charge in [-0.15, -0.1) is 0 Å². The van der Waals surface area contributed by atoms with E-state index in [1.807, 2.05) is 26.0 Å². The topological polar surface area (TPSA) is 64.9 Å². The van der Waals surface area contributed by atoms with Gasteiger partial charge in [-0.25, -0.2) is 0 Å². The minimum Gasteiger partial charge on any atom is -0.359 e. The SMILES string of the molecule is CCC(C)NC(=O)/C(C#N)=C\Nc1ccccc1Cl. The van der Waals surface area contributed by atoms with Crippen molar-refractivity contribution in [3.05, 3.63) is 41.1 Å². The van der Waals surface area contributed by atoms with Crippen LogP contribution in [0, 0.1) is 11.3 Å². The first-order valence-electron chi connectivity index (χ1n) is 6.00. The van der Waals surface area contributed by atoms with Gasteiger partial charge in [0.05, 0.1) is 10.7 Å². The Labute approximate surface area is 118 Å². The van der Waals surface area contributed by atoms with Gasteiger partial charge >= 0.3 is 0 Å². The molecule has 0 aliphatic heterocycles. The molecule has 0 aliphatic rings. The zero-order valence-electron chi connectivity index (χ0n) is 10.9. The van der Waals surface area contributed by atoms with Crippen LogP contribution in [0.3, 0.4) is 0 Å². The van der Waals surface area contributed by atoms with Crippen LogP contribution >= 0.6 is 11.6 Å². The maximum absolute atomic E-state index is 11.8. The lowest BCUT2D eigenvalue weighted by Gasteiger charge is -2.10. The number of nitrogens with zero attached hydrogens (tertiary/aromatic N) is 1. The van der Waals surface area contributed by atoms with Crippen molar-refractivity contribution in [3.8, 4) is 6.07 Å². The molecule has 4 nitrogen and oxygen atoms in total. The first-order valence-corrected chi connectivity index (χ1v) is 6.38. The summed E-state index contributed by atoms with van der Waals surface area (Å²) in [6.45, 7) is 3.84. The Morgan fingerprint density at radius 2 is 2.21 bits per heavy atom. The van der Waals surface area contributed by atoms with Crippen molar-refractivity contribution in [3.63, 3.8) is 0 Å². The van der Waals surface area contributed by atoms with E-state index in [2.05, 4.69) is 10.6 Å². The van der Waals surface area contributed by atoms with Crippen LogP contribution in [0.15, 0.2) is 36.0 Å². The standard InChI is InChI=1S/C14H16ClN3O/c1-3-10(2)18-14(19)11(8-16)9-17-13-7-5-4-6-12(13)15/h4-7,9-10,17H,3H2,1-2H3,(H,18,19)/b11-9-. The van der Waals surface area contributed by atoms with Crippen LogP contribution in [-0.2, 0) is 4.79 Å². The Morgan fingerprint density at radius 1 is 1.53 bits per heavy atom. The smallest absolute Gasteiger partial charge is 0.263 e. The van der Waals surface area contributed by atoms with Gasteiger partial charge in [0, 0.05) is 12.2 Å². The number of hydrogen-bond acceptors (Lipinski definition) is 3. The van der Waals surface area contributed by atoms with Crippen LogP contribution in [0.4, 0.5) is 5.69 Å². The van der Waals surface area contributed by atoms with E-state index in [0.717, 1.165) is 6.42 Å². The van der Waals surface area contributed by atoms with Gasteiger partial charge in [0.25, 0.3) is 5.91 Å². The second-order valence-electron chi connectivity index (χ2n) is 4.08. The summed E-state index contributed by atoms with van der Waals surface area (Å²) in [5.41, 5.74) is 0.661. The van der Waals surface area contributed by atoms with Crippen LogP contribution in [0.25, 0.3) is 0 Å². The zero-order chi connectivity index (χ0) is 14.3. The number of halogens is 1. The molecular formula is C14H16ClN3O. The molecule has 1 atom stereocenters. The third-order valence-corrected chi connectivity index (χ3v) is 2.93. The molecule has 0 heterocycles. The number of hydrogen-bond donors (Lipinski definition) is 2. The summed E-state index contributed by atoms with van der Waals surface area (Å²) in [6.07, 6.45) is 2.17. The Hall–Kier alpha value is -1.99. The second-order valence-corrected chi connectivity index (χ2v) is 4.48. The van der Waals surface area contributed by atoms with Gasteiger partial charge in [-0.1, -0.05) is 30.7 Å². The summed E-state index contributed by atoms with van der Waals surface area (Å²) in [7, 11) is 0. The van der Waals surface area contributed by atoms with Crippen LogP contribution in [0.1, 0.15) is 20.3 Å². The number of carbonyl (C=O) groups excluding carboxylic acids is 1. The van der Waals surface area contributed by atoms with Crippen molar-refractivity contribution in [2.45, 2.75) is 26.3 Å². The molecule has 100 valence electrons. The molecule has 5 heteroatoms. The molecule has 0 saturated heterocycles. The lowest BCUT2D eigenvalue weighted by molar-refractivity contribution is -0.117. The van der Waals surface area contributed by atoms with Gasteiger partial charge in [0.2, 0.25) is 0 Å². The fourth-order valence-corrected chi connectivity index (χ4v) is 1.47. The molecule has 0 fully saturated rings.